The second-order valence-corrected chi connectivity index (χ2v) is 9.36. The Hall–Kier alpha value is -3.56. The van der Waals surface area contributed by atoms with Gasteiger partial charge < -0.3 is 20.4 Å². The molecule has 1 aliphatic heterocycles. The van der Waals surface area contributed by atoms with Gasteiger partial charge in [-0.15, -0.1) is 5.11 Å². The first kappa shape index (κ1) is 26.5. The molecule has 0 aliphatic carbocycles. The quantitative estimate of drug-likeness (QED) is 0.503. The lowest BCUT2D eigenvalue weighted by molar-refractivity contribution is -0.154. The van der Waals surface area contributed by atoms with Crippen molar-refractivity contribution in [1.82, 2.24) is 9.88 Å². The molecule has 1 aromatic heterocycles. The maximum atomic E-state index is 14.1. The number of aromatic nitrogens is 1. The summed E-state index contributed by atoms with van der Waals surface area (Å²) in [5.74, 6) is -5.86. The number of fused-ring (bicyclic) bond motifs is 1. The number of hydrogen-bond acceptors (Lipinski definition) is 4. The first-order valence-electron chi connectivity index (χ1n) is 11.5. The highest BCUT2D eigenvalue weighted by atomic mass is 19.3. The zero-order valence-electron chi connectivity index (χ0n) is 20.0. The number of rotatable bonds is 6. The molecule has 3 N–H and O–H groups in total. The molecule has 1 saturated heterocycles. The van der Waals surface area contributed by atoms with E-state index in [1.165, 1.54) is 19.2 Å². The fourth-order valence-electron chi connectivity index (χ4n) is 4.60. The standard InChI is InChI=1S/C25H22B3F2N3O4/c1-13(23(36)33-11-14(21(31)34)9-24(29,30)12-33)37-15-6-7-16-18(8-15)22(35)32-10-19(16)17-4-2-3-5-20(17)25(26,27)28/h2-8,10,13-14H,9,11-12H2,1H3,(H2,31,34)(H,32,35). The summed E-state index contributed by atoms with van der Waals surface area (Å²) in [4.78, 5) is 40.6. The van der Waals surface area contributed by atoms with Crippen molar-refractivity contribution >= 4 is 46.1 Å². The molecule has 2 amide bonds. The Morgan fingerprint density at radius 1 is 1.16 bits per heavy atom. The molecule has 2 aromatic carbocycles. The van der Waals surface area contributed by atoms with Gasteiger partial charge in [-0.3, -0.25) is 14.4 Å². The predicted molar refractivity (Wildman–Crippen MR) is 138 cm³/mol. The van der Waals surface area contributed by atoms with E-state index in [-0.39, 0.29) is 17.7 Å². The number of benzene rings is 2. The number of primary amides is 1. The molecule has 7 nitrogen and oxygen atoms in total. The van der Waals surface area contributed by atoms with Crippen LogP contribution in [0.3, 0.4) is 0 Å². The number of ether oxygens (including phenoxy) is 1. The minimum absolute atomic E-state index is 0.172. The molecule has 3 aromatic rings. The number of amides is 2. The summed E-state index contributed by atoms with van der Waals surface area (Å²) >= 11 is 0. The molecule has 2 heterocycles. The molecule has 0 spiro atoms. The van der Waals surface area contributed by atoms with Crippen molar-refractivity contribution in [2.24, 2.45) is 11.7 Å². The first-order chi connectivity index (χ1) is 17.3. The molecule has 0 bridgehead atoms. The summed E-state index contributed by atoms with van der Waals surface area (Å²) in [6.07, 6.45) is -0.358. The number of aromatic amines is 1. The minimum atomic E-state index is -3.25. The maximum Gasteiger partial charge on any atom is 0.266 e. The van der Waals surface area contributed by atoms with E-state index in [1.807, 2.05) is 0 Å². The van der Waals surface area contributed by atoms with Crippen molar-refractivity contribution in [3.8, 4) is 16.9 Å². The molecule has 4 rings (SSSR count). The van der Waals surface area contributed by atoms with Crippen LogP contribution in [0.4, 0.5) is 8.78 Å². The van der Waals surface area contributed by atoms with Crippen LogP contribution in [-0.2, 0) is 14.7 Å². The van der Waals surface area contributed by atoms with Gasteiger partial charge >= 0.3 is 0 Å². The molecule has 184 valence electrons. The lowest BCUT2D eigenvalue weighted by Gasteiger charge is -2.37. The molecule has 2 unspecified atom stereocenters. The van der Waals surface area contributed by atoms with Gasteiger partial charge in [-0.25, -0.2) is 8.78 Å². The third kappa shape index (κ3) is 5.58. The SMILES string of the molecule is [B]C([B])([B])c1ccccc1-c1c[nH]c(=O)c2cc(OC(C)C(=O)N3CC(C(N)=O)CC(F)(F)C3)ccc12. The third-order valence-corrected chi connectivity index (χ3v) is 6.34. The van der Waals surface area contributed by atoms with Crippen LogP contribution in [0.1, 0.15) is 18.9 Å². The van der Waals surface area contributed by atoms with Gasteiger partial charge in [0.15, 0.2) is 6.10 Å². The van der Waals surface area contributed by atoms with Gasteiger partial charge in [0.1, 0.15) is 5.75 Å². The van der Waals surface area contributed by atoms with Crippen molar-refractivity contribution in [1.29, 1.82) is 0 Å². The average Bonchev–Trinajstić information content (AvgIpc) is 2.82. The highest BCUT2D eigenvalue weighted by molar-refractivity contribution is 6.59. The number of nitrogens with two attached hydrogens (primary N) is 1. The smallest absolute Gasteiger partial charge is 0.266 e. The fraction of sp³-hybridized carbons (Fsp3) is 0.320. The number of likely N-dealkylation sites (tertiary alicyclic amines) is 1. The summed E-state index contributed by atoms with van der Waals surface area (Å²) in [6, 6.07) is 11.6. The van der Waals surface area contributed by atoms with Crippen molar-refractivity contribution in [3.63, 3.8) is 0 Å². The average molecular weight is 499 g/mol. The molecular weight excluding hydrogens is 477 g/mol. The number of H-pyrrole nitrogens is 1. The van der Waals surface area contributed by atoms with Gasteiger partial charge in [0.05, 0.1) is 41.4 Å². The van der Waals surface area contributed by atoms with Crippen molar-refractivity contribution in [2.45, 2.75) is 30.5 Å². The zero-order valence-corrected chi connectivity index (χ0v) is 20.0. The number of carbonyl (C=O) groups is 2. The van der Waals surface area contributed by atoms with Gasteiger partial charge in [-0.1, -0.05) is 29.8 Å². The number of halogens is 2. The highest BCUT2D eigenvalue weighted by Crippen LogP contribution is 2.34. The Morgan fingerprint density at radius 3 is 2.54 bits per heavy atom. The molecular formula is C25H22B3F2N3O4. The van der Waals surface area contributed by atoms with Crippen molar-refractivity contribution in [2.75, 3.05) is 13.1 Å². The second-order valence-electron chi connectivity index (χ2n) is 9.36. The molecule has 12 heteroatoms. The lowest BCUT2D eigenvalue weighted by atomic mass is 9.39. The molecule has 0 saturated carbocycles. The lowest BCUT2D eigenvalue weighted by Crippen LogP contribution is -2.55. The van der Waals surface area contributed by atoms with Crippen LogP contribution in [0.2, 0.25) is 0 Å². The molecule has 6 radical (unpaired) electrons. The van der Waals surface area contributed by atoms with E-state index in [9.17, 15) is 23.2 Å². The Morgan fingerprint density at radius 2 is 1.86 bits per heavy atom. The van der Waals surface area contributed by atoms with Crippen molar-refractivity contribution in [3.05, 3.63) is 64.6 Å². The number of hydrogen-bond donors (Lipinski definition) is 2. The van der Waals surface area contributed by atoms with E-state index in [2.05, 4.69) is 4.98 Å². The van der Waals surface area contributed by atoms with E-state index in [0.29, 0.717) is 22.1 Å². The third-order valence-electron chi connectivity index (χ3n) is 6.34. The van der Waals surface area contributed by atoms with Crippen LogP contribution >= 0.6 is 0 Å². The monoisotopic (exact) mass is 499 g/mol. The van der Waals surface area contributed by atoms with Gasteiger partial charge in [-0.05, 0) is 36.1 Å². The van der Waals surface area contributed by atoms with Crippen LogP contribution in [0, 0.1) is 5.92 Å². The number of pyridine rings is 1. The number of nitrogens with zero attached hydrogens (tertiary/aromatic N) is 1. The number of alkyl halides is 2. The largest absolute Gasteiger partial charge is 0.481 e. The van der Waals surface area contributed by atoms with Gasteiger partial charge in [-0.2, -0.15) is 0 Å². The topological polar surface area (TPSA) is 105 Å². The van der Waals surface area contributed by atoms with Crippen LogP contribution in [0.15, 0.2) is 53.5 Å². The maximum absolute atomic E-state index is 14.1. The van der Waals surface area contributed by atoms with Crippen LogP contribution in [0.5, 0.6) is 5.75 Å². The second kappa shape index (κ2) is 9.72. The van der Waals surface area contributed by atoms with E-state index >= 15 is 0 Å². The summed E-state index contributed by atoms with van der Waals surface area (Å²) in [5, 5.41) is -0.831. The molecule has 1 fully saturated rings. The van der Waals surface area contributed by atoms with Crippen LogP contribution in [-0.4, -0.2) is 70.4 Å². The Bertz CT molecular complexity index is 1420. The summed E-state index contributed by atoms with van der Waals surface area (Å²) < 4.78 is 33.9. The minimum Gasteiger partial charge on any atom is -0.481 e. The van der Waals surface area contributed by atoms with E-state index in [0.717, 1.165) is 4.90 Å². The Labute approximate surface area is 216 Å². The van der Waals surface area contributed by atoms with Crippen LogP contribution in [0.25, 0.3) is 21.9 Å². The van der Waals surface area contributed by atoms with Gasteiger partial charge in [0.2, 0.25) is 5.91 Å². The molecule has 2 atom stereocenters. The number of piperidine rings is 1. The Kier molecular flexibility index (Phi) is 6.96. The number of nitrogens with one attached hydrogen (secondary N) is 1. The van der Waals surface area contributed by atoms with E-state index in [1.54, 1.807) is 36.4 Å². The predicted octanol–water partition coefficient (Wildman–Crippen LogP) is 1.55. The summed E-state index contributed by atoms with van der Waals surface area (Å²) in [5.41, 5.74) is 6.47. The molecule has 37 heavy (non-hydrogen) atoms. The highest BCUT2D eigenvalue weighted by Gasteiger charge is 2.44. The first-order valence-corrected chi connectivity index (χ1v) is 11.5. The zero-order chi connectivity index (χ0) is 27.1. The van der Waals surface area contributed by atoms with Gasteiger partial charge in [0, 0.05) is 24.7 Å². The number of carbonyl (C=O) groups excluding carboxylic acids is 2. The fourth-order valence-corrected chi connectivity index (χ4v) is 4.60. The summed E-state index contributed by atoms with van der Waals surface area (Å²) in [7, 11) is 17.8. The van der Waals surface area contributed by atoms with Gasteiger partial charge in [0.25, 0.3) is 17.4 Å². The Balaban J connectivity index is 1.63. The van der Waals surface area contributed by atoms with Crippen LogP contribution < -0.4 is 16.0 Å². The normalized spacial score (nSPS) is 18.4. The summed E-state index contributed by atoms with van der Waals surface area (Å²) in [6.45, 7) is 0.343. The van der Waals surface area contributed by atoms with E-state index in [4.69, 9.17) is 34.0 Å². The molecule has 1 aliphatic rings. The van der Waals surface area contributed by atoms with Crippen molar-refractivity contribution < 1.29 is 23.1 Å². The van der Waals surface area contributed by atoms with E-state index < -0.39 is 53.4 Å².